The number of amides is 3. The van der Waals surface area contributed by atoms with Gasteiger partial charge in [0.25, 0.3) is 0 Å². The van der Waals surface area contributed by atoms with Crippen LogP contribution in [0.25, 0.3) is 0 Å². The van der Waals surface area contributed by atoms with Crippen LogP contribution in [0.4, 0.5) is 0 Å². The van der Waals surface area contributed by atoms with E-state index >= 15 is 0 Å². The van der Waals surface area contributed by atoms with E-state index in [2.05, 4.69) is 26.0 Å². The second kappa shape index (κ2) is 10.1. The Balaban J connectivity index is 1.83. The third-order valence-corrected chi connectivity index (χ3v) is 9.60. The molecule has 3 amide bonds. The average Bonchev–Trinajstić information content (AvgIpc) is 3.12. The van der Waals surface area contributed by atoms with Gasteiger partial charge in [0.05, 0.1) is 29.2 Å². The average molecular weight is 490 g/mol. The number of carbonyl (C=O) groups is 3. The van der Waals surface area contributed by atoms with Crippen molar-refractivity contribution in [3.05, 3.63) is 24.3 Å². The van der Waals surface area contributed by atoms with Gasteiger partial charge in [-0.15, -0.1) is 11.8 Å². The van der Waals surface area contributed by atoms with Gasteiger partial charge < -0.3 is 19.8 Å². The number of carbonyl (C=O) groups excluding carboxylic acids is 3. The Morgan fingerprint density at radius 2 is 1.74 bits per heavy atom. The van der Waals surface area contributed by atoms with Crippen LogP contribution in [0.5, 0.6) is 0 Å². The van der Waals surface area contributed by atoms with Gasteiger partial charge in [0.2, 0.25) is 17.7 Å². The highest BCUT2D eigenvalue weighted by molar-refractivity contribution is 8.02. The molecule has 2 fully saturated rings. The van der Waals surface area contributed by atoms with Gasteiger partial charge in [-0.1, -0.05) is 58.4 Å². The van der Waals surface area contributed by atoms with Gasteiger partial charge in [0, 0.05) is 31.4 Å². The first-order chi connectivity index (χ1) is 16.3. The van der Waals surface area contributed by atoms with E-state index < -0.39 is 28.7 Å². The molecule has 0 aromatic rings. The highest BCUT2D eigenvalue weighted by Gasteiger charge is 2.71. The maximum atomic E-state index is 14.2. The molecule has 7 nitrogen and oxygen atoms in total. The number of nitrogens with zero attached hydrogens (tertiary/aromatic N) is 3. The molecular formula is C26H39N3O4S. The van der Waals surface area contributed by atoms with Gasteiger partial charge in [0.1, 0.15) is 6.04 Å². The summed E-state index contributed by atoms with van der Waals surface area (Å²) in [6.07, 6.45) is 10.9. The van der Waals surface area contributed by atoms with Gasteiger partial charge in [-0.25, -0.2) is 0 Å². The molecule has 1 unspecified atom stereocenters. The molecule has 4 rings (SSSR count). The highest BCUT2D eigenvalue weighted by atomic mass is 32.2. The lowest BCUT2D eigenvalue weighted by molar-refractivity contribution is -0.147. The smallest absolute Gasteiger partial charge is 0.247 e. The number of hydrogen-bond donors (Lipinski definition) is 1. The summed E-state index contributed by atoms with van der Waals surface area (Å²) in [5.41, 5.74) is 0. The maximum Gasteiger partial charge on any atom is 0.247 e. The Bertz CT molecular complexity index is 874. The predicted octanol–water partition coefficient (Wildman–Crippen LogP) is 2.31. The van der Waals surface area contributed by atoms with Gasteiger partial charge in [-0.2, -0.15) is 0 Å². The lowest BCUT2D eigenvalue weighted by Crippen LogP contribution is -2.57. The topological polar surface area (TPSA) is 81.2 Å². The van der Waals surface area contributed by atoms with Crippen molar-refractivity contribution in [3.8, 4) is 0 Å². The van der Waals surface area contributed by atoms with Gasteiger partial charge in [-0.3, -0.25) is 14.4 Å². The van der Waals surface area contributed by atoms with E-state index in [0.717, 1.165) is 19.3 Å². The first-order valence-electron chi connectivity index (χ1n) is 12.8. The molecule has 8 heteroatoms. The number of fused-ring (bicyclic) bond motifs is 2. The Morgan fingerprint density at radius 3 is 2.38 bits per heavy atom. The Hall–Kier alpha value is -1.80. The molecule has 6 atom stereocenters. The fourth-order valence-corrected chi connectivity index (χ4v) is 8.17. The van der Waals surface area contributed by atoms with Crippen LogP contribution in [0.15, 0.2) is 24.3 Å². The third kappa shape index (κ3) is 3.91. The fourth-order valence-electron chi connectivity index (χ4n) is 6.17. The number of rotatable bonds is 8. The molecule has 34 heavy (non-hydrogen) atoms. The van der Waals surface area contributed by atoms with Crippen LogP contribution in [-0.4, -0.2) is 92.4 Å². The number of aliphatic hydroxyl groups excluding tert-OH is 1. The third-order valence-electron chi connectivity index (χ3n) is 7.85. The molecule has 188 valence electrons. The van der Waals surface area contributed by atoms with Crippen molar-refractivity contribution >= 4 is 29.5 Å². The van der Waals surface area contributed by atoms with E-state index in [-0.39, 0.29) is 35.5 Å². The fraction of sp³-hybridized carbons (Fsp3) is 0.731. The summed E-state index contributed by atoms with van der Waals surface area (Å²) in [6, 6.07) is -1.18. The number of unbranched alkanes of at least 4 members (excludes halogenated alkanes) is 1. The first-order valence-corrected chi connectivity index (χ1v) is 13.7. The van der Waals surface area contributed by atoms with Crippen LogP contribution in [0, 0.1) is 17.8 Å². The minimum atomic E-state index is -0.804. The summed E-state index contributed by atoms with van der Waals surface area (Å²) in [4.78, 5) is 47.4. The van der Waals surface area contributed by atoms with Crippen molar-refractivity contribution in [2.45, 2.75) is 69.0 Å². The number of hydrogen-bond acceptors (Lipinski definition) is 5. The highest BCUT2D eigenvalue weighted by Crippen LogP contribution is 2.61. The summed E-state index contributed by atoms with van der Waals surface area (Å²) >= 11 is 1.61. The summed E-state index contributed by atoms with van der Waals surface area (Å²) in [7, 11) is 0. The van der Waals surface area contributed by atoms with E-state index in [0.29, 0.717) is 26.2 Å². The molecule has 1 N–H and O–H groups in total. The van der Waals surface area contributed by atoms with Crippen LogP contribution < -0.4 is 0 Å². The molecule has 4 aliphatic heterocycles. The van der Waals surface area contributed by atoms with Crippen LogP contribution in [-0.2, 0) is 14.4 Å². The monoisotopic (exact) mass is 489 g/mol. The molecule has 2 saturated heterocycles. The largest absolute Gasteiger partial charge is 0.394 e. The summed E-state index contributed by atoms with van der Waals surface area (Å²) < 4.78 is -0.804. The molecule has 0 saturated carbocycles. The van der Waals surface area contributed by atoms with E-state index in [1.807, 2.05) is 35.8 Å². The van der Waals surface area contributed by atoms with Crippen molar-refractivity contribution in [3.63, 3.8) is 0 Å². The van der Waals surface area contributed by atoms with E-state index in [9.17, 15) is 19.5 Å². The second-order valence-corrected chi connectivity index (χ2v) is 11.8. The van der Waals surface area contributed by atoms with Crippen LogP contribution in [0.3, 0.4) is 0 Å². The van der Waals surface area contributed by atoms with Crippen LogP contribution >= 0.6 is 11.8 Å². The molecule has 0 aromatic heterocycles. The molecule has 0 radical (unpaired) electrons. The lowest BCUT2D eigenvalue weighted by Gasteiger charge is -2.39. The molecular weight excluding hydrogens is 450 g/mol. The van der Waals surface area contributed by atoms with Crippen molar-refractivity contribution in [2.24, 2.45) is 17.8 Å². The van der Waals surface area contributed by atoms with E-state index in [4.69, 9.17) is 0 Å². The molecule has 0 aliphatic carbocycles. The maximum absolute atomic E-state index is 14.2. The van der Waals surface area contributed by atoms with Crippen LogP contribution in [0.2, 0.25) is 0 Å². The summed E-state index contributed by atoms with van der Waals surface area (Å²) in [5.74, 6) is -1.33. The minimum Gasteiger partial charge on any atom is -0.394 e. The molecule has 4 aliphatic rings. The Labute approximate surface area is 207 Å². The summed E-state index contributed by atoms with van der Waals surface area (Å²) in [6.45, 7) is 10.3. The van der Waals surface area contributed by atoms with Gasteiger partial charge in [0.15, 0.2) is 0 Å². The molecule has 0 bridgehead atoms. The van der Waals surface area contributed by atoms with Crippen molar-refractivity contribution < 1.29 is 19.5 Å². The number of likely N-dealkylation sites (tertiary alicyclic amines) is 1. The molecule has 1 spiro atoms. The van der Waals surface area contributed by atoms with Gasteiger partial charge >= 0.3 is 0 Å². The first kappa shape index (κ1) is 25.3. The summed E-state index contributed by atoms with van der Waals surface area (Å²) in [5, 5.41) is 10.2. The zero-order valence-electron chi connectivity index (χ0n) is 20.9. The Morgan fingerprint density at radius 1 is 1.03 bits per heavy atom. The second-order valence-electron chi connectivity index (χ2n) is 10.3. The van der Waals surface area contributed by atoms with Crippen molar-refractivity contribution in [1.82, 2.24) is 14.7 Å². The van der Waals surface area contributed by atoms with E-state index in [1.165, 1.54) is 0 Å². The van der Waals surface area contributed by atoms with Crippen molar-refractivity contribution in [2.75, 3.05) is 32.8 Å². The number of thioether (sulfide) groups is 1. The SMILES string of the molecule is CCCCN1CC=C[C@]23S[C@H]4C=CCN(CCC)C(=O)[C@H]4[C@H]2C(=O)N([C@@H](CO)C(C)C)C3C1=O. The van der Waals surface area contributed by atoms with Crippen LogP contribution in [0.1, 0.15) is 47.0 Å². The predicted molar refractivity (Wildman–Crippen MR) is 134 cm³/mol. The standard InChI is InChI=1S/C26H39N3O4S/c1-5-7-13-28-15-9-11-26-21(20-19(34-26)10-8-14-27(12-6-2)23(20)31)24(32)29(22(26)25(28)33)18(16-30)17(3)4/h8-11,17-22,30H,5-7,12-16H2,1-4H3/t18-,19-,20+,21-,22?,26-/m0/s1. The Kier molecular flexibility index (Phi) is 7.48. The zero-order valence-corrected chi connectivity index (χ0v) is 21.7. The quantitative estimate of drug-likeness (QED) is 0.529. The normalized spacial score (nSPS) is 33.8. The minimum absolute atomic E-state index is 0.0122. The van der Waals surface area contributed by atoms with E-state index in [1.54, 1.807) is 16.7 Å². The lowest BCUT2D eigenvalue weighted by atomic mass is 9.78. The van der Waals surface area contributed by atoms with Crippen molar-refractivity contribution in [1.29, 1.82) is 0 Å². The molecule has 0 aromatic carbocycles. The zero-order chi connectivity index (χ0) is 24.6. The molecule has 4 heterocycles. The number of aliphatic hydroxyl groups is 1. The van der Waals surface area contributed by atoms with Gasteiger partial charge in [-0.05, 0) is 18.8 Å².